The number of nitrogen functional groups attached to an aromatic ring is 1. The van der Waals surface area contributed by atoms with Gasteiger partial charge in [-0.15, -0.1) is 0 Å². The van der Waals surface area contributed by atoms with E-state index in [4.69, 9.17) is 10.8 Å². The van der Waals surface area contributed by atoms with Crippen LogP contribution in [0.5, 0.6) is 0 Å². The first-order valence-electron chi connectivity index (χ1n) is 5.95. The summed E-state index contributed by atoms with van der Waals surface area (Å²) < 4.78 is 13.6. The predicted molar refractivity (Wildman–Crippen MR) is 77.1 cm³/mol. The molecule has 18 heavy (non-hydrogen) atoms. The number of nitrogens with one attached hydrogen (secondary N) is 1. The third kappa shape index (κ3) is 4.46. The number of hydrogen-bond donors (Lipinski definition) is 3. The van der Waals surface area contributed by atoms with Crippen molar-refractivity contribution in [2.24, 2.45) is 5.41 Å². The van der Waals surface area contributed by atoms with Crippen molar-refractivity contribution >= 4 is 27.3 Å². The Morgan fingerprint density at radius 3 is 2.72 bits per heavy atom. The zero-order chi connectivity index (χ0) is 13.8. The maximum absolute atomic E-state index is 13.2. The Hall–Kier alpha value is -0.810. The highest BCUT2D eigenvalue weighted by atomic mass is 79.9. The van der Waals surface area contributed by atoms with Crippen LogP contribution in [-0.4, -0.2) is 18.3 Å². The van der Waals surface area contributed by atoms with Crippen LogP contribution in [0.15, 0.2) is 16.6 Å². The van der Waals surface area contributed by atoms with Gasteiger partial charge in [-0.25, -0.2) is 4.39 Å². The molecule has 0 aliphatic rings. The lowest BCUT2D eigenvalue weighted by Gasteiger charge is -2.25. The fourth-order valence-electron chi connectivity index (χ4n) is 1.70. The monoisotopic (exact) mass is 318 g/mol. The molecule has 1 aromatic carbocycles. The fraction of sp³-hybridized carbons (Fsp3) is 0.538. The Morgan fingerprint density at radius 1 is 1.44 bits per heavy atom. The van der Waals surface area contributed by atoms with Crippen LogP contribution in [0.2, 0.25) is 0 Å². The Bertz CT molecular complexity index is 410. The smallest absolute Gasteiger partial charge is 0.139 e. The van der Waals surface area contributed by atoms with Gasteiger partial charge < -0.3 is 16.2 Å². The van der Waals surface area contributed by atoms with Gasteiger partial charge in [0.15, 0.2) is 0 Å². The van der Waals surface area contributed by atoms with E-state index in [0.717, 1.165) is 25.1 Å². The fourth-order valence-corrected chi connectivity index (χ4v) is 2.04. The van der Waals surface area contributed by atoms with Crippen LogP contribution in [0.4, 0.5) is 15.8 Å². The van der Waals surface area contributed by atoms with Crippen LogP contribution >= 0.6 is 15.9 Å². The average molecular weight is 319 g/mol. The number of rotatable bonds is 6. The molecule has 0 aromatic heterocycles. The van der Waals surface area contributed by atoms with E-state index in [0.29, 0.717) is 10.2 Å². The summed E-state index contributed by atoms with van der Waals surface area (Å²) in [6, 6.07) is 2.94. The average Bonchev–Trinajstić information content (AvgIpc) is 2.30. The van der Waals surface area contributed by atoms with Gasteiger partial charge in [0.25, 0.3) is 0 Å². The number of anilines is 2. The first-order valence-corrected chi connectivity index (χ1v) is 6.74. The van der Waals surface area contributed by atoms with E-state index >= 15 is 0 Å². The van der Waals surface area contributed by atoms with Crippen LogP contribution < -0.4 is 11.1 Å². The first-order chi connectivity index (χ1) is 8.35. The molecule has 0 aliphatic heterocycles. The second-order valence-electron chi connectivity index (χ2n) is 5.20. The molecule has 1 aromatic rings. The minimum absolute atomic E-state index is 0.0516. The molecule has 0 saturated carbocycles. The largest absolute Gasteiger partial charge is 0.397 e. The Kier molecular flexibility index (Phi) is 5.41. The molecule has 1 rings (SSSR count). The van der Waals surface area contributed by atoms with Gasteiger partial charge in [-0.3, -0.25) is 0 Å². The van der Waals surface area contributed by atoms with Gasteiger partial charge in [-0.2, -0.15) is 0 Å². The second kappa shape index (κ2) is 6.38. The molecule has 0 saturated heterocycles. The SMILES string of the molecule is CC(C)(CCCO)CNc1cc(Br)c(F)cc1N. The zero-order valence-corrected chi connectivity index (χ0v) is 12.3. The molecular weight excluding hydrogens is 299 g/mol. The molecule has 0 atom stereocenters. The number of nitrogens with two attached hydrogens (primary N) is 1. The number of aliphatic hydroxyl groups is 1. The zero-order valence-electron chi connectivity index (χ0n) is 10.8. The molecule has 4 N–H and O–H groups in total. The summed E-state index contributed by atoms with van der Waals surface area (Å²) in [4.78, 5) is 0. The van der Waals surface area contributed by atoms with E-state index in [1.165, 1.54) is 6.07 Å². The molecule has 0 fully saturated rings. The van der Waals surface area contributed by atoms with Crippen molar-refractivity contribution in [2.45, 2.75) is 26.7 Å². The van der Waals surface area contributed by atoms with Crippen LogP contribution in [0.1, 0.15) is 26.7 Å². The van der Waals surface area contributed by atoms with Crippen molar-refractivity contribution < 1.29 is 9.50 Å². The Morgan fingerprint density at radius 2 is 2.11 bits per heavy atom. The number of aliphatic hydroxyl groups excluding tert-OH is 1. The summed E-state index contributed by atoms with van der Waals surface area (Å²) in [5, 5.41) is 12.1. The van der Waals surface area contributed by atoms with Gasteiger partial charge >= 0.3 is 0 Å². The van der Waals surface area contributed by atoms with Gasteiger partial charge in [0.05, 0.1) is 15.8 Å². The van der Waals surface area contributed by atoms with E-state index in [9.17, 15) is 4.39 Å². The van der Waals surface area contributed by atoms with Crippen molar-refractivity contribution in [3.05, 3.63) is 22.4 Å². The number of hydrogen-bond acceptors (Lipinski definition) is 3. The van der Waals surface area contributed by atoms with Crippen molar-refractivity contribution in [1.82, 2.24) is 0 Å². The summed E-state index contributed by atoms with van der Waals surface area (Å²) in [6.07, 6.45) is 1.69. The van der Waals surface area contributed by atoms with Crippen molar-refractivity contribution in [2.75, 3.05) is 24.2 Å². The first kappa shape index (κ1) is 15.2. The van der Waals surface area contributed by atoms with Crippen LogP contribution in [0, 0.1) is 11.2 Å². The van der Waals surface area contributed by atoms with Crippen molar-refractivity contribution in [1.29, 1.82) is 0 Å². The van der Waals surface area contributed by atoms with Crippen molar-refractivity contribution in [3.63, 3.8) is 0 Å². The summed E-state index contributed by atoms with van der Waals surface area (Å²) >= 11 is 3.14. The van der Waals surface area contributed by atoms with Crippen LogP contribution in [-0.2, 0) is 0 Å². The van der Waals surface area contributed by atoms with E-state index in [2.05, 4.69) is 35.1 Å². The predicted octanol–water partition coefficient (Wildman–Crippen LogP) is 3.38. The highest BCUT2D eigenvalue weighted by Crippen LogP contribution is 2.29. The lowest BCUT2D eigenvalue weighted by Crippen LogP contribution is -2.23. The van der Waals surface area contributed by atoms with Gasteiger partial charge in [-0.1, -0.05) is 13.8 Å². The number of benzene rings is 1. The molecular formula is C13H20BrFN2O. The van der Waals surface area contributed by atoms with Crippen LogP contribution in [0.25, 0.3) is 0 Å². The number of halogens is 2. The molecule has 102 valence electrons. The van der Waals surface area contributed by atoms with E-state index in [-0.39, 0.29) is 17.8 Å². The molecule has 0 spiro atoms. The third-order valence-electron chi connectivity index (χ3n) is 2.86. The summed E-state index contributed by atoms with van der Waals surface area (Å²) in [6.45, 7) is 5.15. The Balaban J connectivity index is 2.66. The highest BCUT2D eigenvalue weighted by Gasteiger charge is 2.17. The van der Waals surface area contributed by atoms with Crippen molar-refractivity contribution in [3.8, 4) is 0 Å². The minimum atomic E-state index is -0.363. The van der Waals surface area contributed by atoms with Gasteiger partial charge in [-0.05, 0) is 40.3 Å². The van der Waals surface area contributed by atoms with Gasteiger partial charge in [0, 0.05) is 19.2 Å². The topological polar surface area (TPSA) is 58.3 Å². The molecule has 3 nitrogen and oxygen atoms in total. The van der Waals surface area contributed by atoms with Crippen LogP contribution in [0.3, 0.4) is 0 Å². The molecule has 0 unspecified atom stereocenters. The maximum Gasteiger partial charge on any atom is 0.139 e. The van der Waals surface area contributed by atoms with Gasteiger partial charge in [0.2, 0.25) is 0 Å². The van der Waals surface area contributed by atoms with E-state index in [1.54, 1.807) is 6.07 Å². The summed E-state index contributed by atoms with van der Waals surface area (Å²) in [5.41, 5.74) is 6.93. The molecule has 0 amide bonds. The molecule has 5 heteroatoms. The Labute approximate surface area is 116 Å². The second-order valence-corrected chi connectivity index (χ2v) is 6.05. The molecule has 0 heterocycles. The molecule has 0 aliphatic carbocycles. The van der Waals surface area contributed by atoms with E-state index in [1.807, 2.05) is 0 Å². The lowest BCUT2D eigenvalue weighted by atomic mass is 9.88. The molecule has 0 bridgehead atoms. The summed E-state index contributed by atoms with van der Waals surface area (Å²) in [5.74, 6) is -0.363. The van der Waals surface area contributed by atoms with E-state index < -0.39 is 0 Å². The summed E-state index contributed by atoms with van der Waals surface area (Å²) in [7, 11) is 0. The van der Waals surface area contributed by atoms with Gasteiger partial charge in [0.1, 0.15) is 5.82 Å². The quantitative estimate of drug-likeness (QED) is 0.705. The molecule has 0 radical (unpaired) electrons. The normalized spacial score (nSPS) is 11.6. The standard InChI is InChI=1S/C13H20BrFN2O/c1-13(2,4-3-5-18)8-17-12-6-9(14)10(15)7-11(12)16/h6-7,17-18H,3-5,8,16H2,1-2H3. The lowest BCUT2D eigenvalue weighted by molar-refractivity contribution is 0.248. The minimum Gasteiger partial charge on any atom is -0.397 e. The maximum atomic E-state index is 13.2. The highest BCUT2D eigenvalue weighted by molar-refractivity contribution is 9.10. The third-order valence-corrected chi connectivity index (χ3v) is 3.47.